The van der Waals surface area contributed by atoms with Crippen LogP contribution in [0.2, 0.25) is 0 Å². The van der Waals surface area contributed by atoms with Crippen LogP contribution < -0.4 is 4.90 Å². The van der Waals surface area contributed by atoms with Crippen molar-refractivity contribution in [3.8, 4) is 0 Å². The van der Waals surface area contributed by atoms with Crippen molar-refractivity contribution in [2.75, 3.05) is 31.2 Å². The number of imidazole rings is 1. The number of nitrogens with zero attached hydrogens (tertiary/aromatic N) is 2. The fourth-order valence-electron chi connectivity index (χ4n) is 3.47. The van der Waals surface area contributed by atoms with Crippen LogP contribution in [0.4, 0.5) is 5.69 Å². The summed E-state index contributed by atoms with van der Waals surface area (Å²) in [4.78, 5) is 10.1. The molecule has 2 fully saturated rings. The smallest absolute Gasteiger partial charge is 0.112 e. The SMILES string of the molecule is c1cc(N2CCC3(CCOC3)CC2)c2nc[nH]c2c1. The van der Waals surface area contributed by atoms with E-state index in [9.17, 15) is 0 Å². The third kappa shape index (κ3) is 1.82. The summed E-state index contributed by atoms with van der Waals surface area (Å²) in [6, 6.07) is 6.38. The molecule has 0 amide bonds. The standard InChI is InChI=1S/C15H19N3O/c1-2-12-14(17-11-16-12)13(3-1)18-7-4-15(5-8-18)6-9-19-10-15/h1-3,11H,4-10H2,(H,16,17). The maximum atomic E-state index is 5.60. The zero-order chi connectivity index (χ0) is 12.7. The predicted molar refractivity (Wildman–Crippen MR) is 75.4 cm³/mol. The van der Waals surface area contributed by atoms with E-state index in [1.165, 1.54) is 24.9 Å². The van der Waals surface area contributed by atoms with Gasteiger partial charge in [-0.3, -0.25) is 0 Å². The third-order valence-corrected chi connectivity index (χ3v) is 4.78. The summed E-state index contributed by atoms with van der Waals surface area (Å²) in [7, 11) is 0. The Kier molecular flexibility index (Phi) is 2.52. The van der Waals surface area contributed by atoms with Crippen LogP contribution >= 0.6 is 0 Å². The van der Waals surface area contributed by atoms with E-state index in [0.717, 1.165) is 37.3 Å². The Morgan fingerprint density at radius 2 is 2.11 bits per heavy atom. The molecule has 1 N–H and O–H groups in total. The zero-order valence-corrected chi connectivity index (χ0v) is 11.1. The number of hydrogen-bond donors (Lipinski definition) is 1. The molecular formula is C15H19N3O. The molecule has 0 unspecified atom stereocenters. The van der Waals surface area contributed by atoms with Gasteiger partial charge >= 0.3 is 0 Å². The molecule has 4 nitrogen and oxygen atoms in total. The number of hydrogen-bond acceptors (Lipinski definition) is 3. The number of benzene rings is 1. The first-order valence-corrected chi connectivity index (χ1v) is 7.11. The Labute approximate surface area is 112 Å². The van der Waals surface area contributed by atoms with Gasteiger partial charge in [0.2, 0.25) is 0 Å². The molecule has 2 aliphatic heterocycles. The lowest BCUT2D eigenvalue weighted by molar-refractivity contribution is 0.134. The van der Waals surface area contributed by atoms with Crippen LogP contribution in [0.5, 0.6) is 0 Å². The van der Waals surface area contributed by atoms with Crippen molar-refractivity contribution in [3.05, 3.63) is 24.5 Å². The monoisotopic (exact) mass is 257 g/mol. The summed E-state index contributed by atoms with van der Waals surface area (Å²) in [5.41, 5.74) is 3.96. The Bertz CT molecular complexity index is 576. The van der Waals surface area contributed by atoms with Gasteiger partial charge < -0.3 is 14.6 Å². The second kappa shape index (κ2) is 4.23. The number of ether oxygens (including phenoxy) is 1. The first-order valence-electron chi connectivity index (χ1n) is 7.11. The van der Waals surface area contributed by atoms with E-state index in [-0.39, 0.29) is 0 Å². The molecule has 0 bridgehead atoms. The number of fused-ring (bicyclic) bond motifs is 1. The molecule has 1 aromatic heterocycles. The van der Waals surface area contributed by atoms with Crippen molar-refractivity contribution in [3.63, 3.8) is 0 Å². The minimum Gasteiger partial charge on any atom is -0.381 e. The molecule has 19 heavy (non-hydrogen) atoms. The van der Waals surface area contributed by atoms with Gasteiger partial charge in [-0.15, -0.1) is 0 Å². The van der Waals surface area contributed by atoms with Crippen molar-refractivity contribution in [1.29, 1.82) is 0 Å². The molecule has 2 saturated heterocycles. The van der Waals surface area contributed by atoms with Gasteiger partial charge in [0.25, 0.3) is 0 Å². The minimum absolute atomic E-state index is 0.468. The number of aromatic amines is 1. The Balaban J connectivity index is 1.59. The minimum atomic E-state index is 0.468. The van der Waals surface area contributed by atoms with Gasteiger partial charge in [-0.2, -0.15) is 0 Å². The molecule has 2 aromatic rings. The van der Waals surface area contributed by atoms with Gasteiger partial charge in [-0.1, -0.05) is 6.07 Å². The largest absolute Gasteiger partial charge is 0.381 e. The fraction of sp³-hybridized carbons (Fsp3) is 0.533. The summed E-state index contributed by atoms with van der Waals surface area (Å²) in [6.45, 7) is 4.16. The molecular weight excluding hydrogens is 238 g/mol. The van der Waals surface area contributed by atoms with E-state index in [2.05, 4.69) is 33.1 Å². The van der Waals surface area contributed by atoms with Gasteiger partial charge in [-0.05, 0) is 36.8 Å². The highest BCUT2D eigenvalue weighted by Gasteiger charge is 2.38. The van der Waals surface area contributed by atoms with Gasteiger partial charge in [0, 0.05) is 19.7 Å². The Morgan fingerprint density at radius 3 is 2.89 bits per heavy atom. The topological polar surface area (TPSA) is 41.1 Å². The molecule has 4 heteroatoms. The predicted octanol–water partition coefficient (Wildman–Crippen LogP) is 2.57. The number of piperidine rings is 1. The van der Waals surface area contributed by atoms with E-state index in [1.54, 1.807) is 6.33 Å². The van der Waals surface area contributed by atoms with E-state index >= 15 is 0 Å². The molecule has 3 heterocycles. The van der Waals surface area contributed by atoms with Crippen molar-refractivity contribution in [1.82, 2.24) is 9.97 Å². The van der Waals surface area contributed by atoms with E-state index in [0.29, 0.717) is 5.41 Å². The maximum absolute atomic E-state index is 5.60. The maximum Gasteiger partial charge on any atom is 0.112 e. The van der Waals surface area contributed by atoms with Gasteiger partial charge in [0.15, 0.2) is 0 Å². The Morgan fingerprint density at radius 1 is 1.21 bits per heavy atom. The molecule has 2 aliphatic rings. The van der Waals surface area contributed by atoms with Gasteiger partial charge in [0.1, 0.15) is 5.52 Å². The van der Waals surface area contributed by atoms with Gasteiger partial charge in [-0.25, -0.2) is 4.98 Å². The number of anilines is 1. The lowest BCUT2D eigenvalue weighted by atomic mass is 9.78. The molecule has 100 valence electrons. The van der Waals surface area contributed by atoms with E-state index in [4.69, 9.17) is 4.74 Å². The van der Waals surface area contributed by atoms with E-state index < -0.39 is 0 Å². The summed E-state index contributed by atoms with van der Waals surface area (Å²) in [5.74, 6) is 0. The van der Waals surface area contributed by atoms with Gasteiger partial charge in [0.05, 0.1) is 24.1 Å². The average molecular weight is 257 g/mol. The normalized spacial score (nSPS) is 22.4. The molecule has 0 atom stereocenters. The zero-order valence-electron chi connectivity index (χ0n) is 11.1. The van der Waals surface area contributed by atoms with Crippen LogP contribution in [-0.2, 0) is 4.74 Å². The highest BCUT2D eigenvalue weighted by molar-refractivity contribution is 5.88. The summed E-state index contributed by atoms with van der Waals surface area (Å²) >= 11 is 0. The van der Waals surface area contributed by atoms with Crippen molar-refractivity contribution >= 4 is 16.7 Å². The average Bonchev–Trinajstić information content (AvgIpc) is 3.09. The van der Waals surface area contributed by atoms with Crippen molar-refractivity contribution in [2.24, 2.45) is 5.41 Å². The van der Waals surface area contributed by atoms with Crippen molar-refractivity contribution in [2.45, 2.75) is 19.3 Å². The number of para-hydroxylation sites is 1. The number of H-pyrrole nitrogens is 1. The lowest BCUT2D eigenvalue weighted by Crippen LogP contribution is -2.40. The second-order valence-electron chi connectivity index (χ2n) is 5.87. The second-order valence-corrected chi connectivity index (χ2v) is 5.87. The van der Waals surface area contributed by atoms with Crippen LogP contribution in [0.15, 0.2) is 24.5 Å². The fourth-order valence-corrected chi connectivity index (χ4v) is 3.47. The highest BCUT2D eigenvalue weighted by atomic mass is 16.5. The first kappa shape index (κ1) is 11.3. The summed E-state index contributed by atoms with van der Waals surface area (Å²) < 4.78 is 5.60. The summed E-state index contributed by atoms with van der Waals surface area (Å²) in [5, 5.41) is 0. The number of aromatic nitrogens is 2. The molecule has 0 radical (unpaired) electrons. The molecule has 1 aromatic carbocycles. The van der Waals surface area contributed by atoms with Crippen LogP contribution in [0.25, 0.3) is 11.0 Å². The first-order chi connectivity index (χ1) is 9.36. The third-order valence-electron chi connectivity index (χ3n) is 4.78. The number of nitrogens with one attached hydrogen (secondary N) is 1. The summed E-state index contributed by atoms with van der Waals surface area (Å²) in [6.07, 6.45) is 5.51. The van der Waals surface area contributed by atoms with Crippen LogP contribution in [-0.4, -0.2) is 36.3 Å². The van der Waals surface area contributed by atoms with Crippen LogP contribution in [0, 0.1) is 5.41 Å². The molecule has 0 saturated carbocycles. The van der Waals surface area contributed by atoms with Crippen LogP contribution in [0.1, 0.15) is 19.3 Å². The molecule has 1 spiro atoms. The quantitative estimate of drug-likeness (QED) is 0.853. The Hall–Kier alpha value is -1.55. The number of rotatable bonds is 1. The highest BCUT2D eigenvalue weighted by Crippen LogP contribution is 2.40. The lowest BCUT2D eigenvalue weighted by Gasteiger charge is -2.39. The molecule has 4 rings (SSSR count). The van der Waals surface area contributed by atoms with E-state index in [1.807, 2.05) is 0 Å². The van der Waals surface area contributed by atoms with Crippen molar-refractivity contribution < 1.29 is 4.74 Å². The molecule has 0 aliphatic carbocycles. The van der Waals surface area contributed by atoms with Crippen LogP contribution in [0.3, 0.4) is 0 Å².